The third-order valence-corrected chi connectivity index (χ3v) is 6.55. The highest BCUT2D eigenvalue weighted by Gasteiger charge is 2.20. The first kappa shape index (κ1) is 19.1. The van der Waals surface area contributed by atoms with Crippen molar-refractivity contribution in [2.45, 2.75) is 37.1 Å². The van der Waals surface area contributed by atoms with Gasteiger partial charge in [-0.05, 0) is 49.2 Å². The molecule has 1 N–H and O–H groups in total. The first-order chi connectivity index (χ1) is 13.4. The van der Waals surface area contributed by atoms with E-state index in [9.17, 15) is 12.8 Å². The van der Waals surface area contributed by atoms with Gasteiger partial charge in [0.2, 0.25) is 0 Å². The highest BCUT2D eigenvalue weighted by molar-refractivity contribution is 9.10. The number of halogens is 2. The Kier molecular flexibility index (Phi) is 5.20. The number of nitrogens with zero attached hydrogens (tertiary/aromatic N) is 3. The van der Waals surface area contributed by atoms with Crippen molar-refractivity contribution in [3.63, 3.8) is 0 Å². The summed E-state index contributed by atoms with van der Waals surface area (Å²) in [5.41, 5.74) is 0.498. The van der Waals surface area contributed by atoms with Gasteiger partial charge in [0.1, 0.15) is 11.6 Å². The van der Waals surface area contributed by atoms with Crippen LogP contribution in [0.15, 0.2) is 51.8 Å². The Morgan fingerprint density at radius 2 is 1.93 bits per heavy atom. The minimum Gasteiger partial charge on any atom is -0.311 e. The zero-order valence-corrected chi connectivity index (χ0v) is 17.3. The van der Waals surface area contributed by atoms with Gasteiger partial charge in [-0.1, -0.05) is 28.4 Å². The van der Waals surface area contributed by atoms with Crippen molar-refractivity contribution in [3.05, 3.63) is 58.6 Å². The molecular formula is C19H18BrFN4O2S. The number of hydrogen-bond acceptors (Lipinski definition) is 4. The standard InChI is InChI=1S/C19H18BrFN4O2S/c20-13-5-4-6-15(11-13)28(26,27)24-14-8-9-17(21)16(12-14)19-23-22-18-7-2-1-3-10-25(18)19/h4-6,8-9,11-12,24H,1-3,7,10H2. The number of fused-ring (bicyclic) bond motifs is 1. The van der Waals surface area contributed by atoms with Gasteiger partial charge >= 0.3 is 0 Å². The van der Waals surface area contributed by atoms with E-state index in [1.54, 1.807) is 12.1 Å². The Hall–Kier alpha value is -2.26. The molecule has 0 spiro atoms. The molecule has 3 aromatic rings. The summed E-state index contributed by atoms with van der Waals surface area (Å²) in [6, 6.07) is 10.5. The number of sulfonamides is 1. The van der Waals surface area contributed by atoms with Crippen LogP contribution >= 0.6 is 15.9 Å². The maximum Gasteiger partial charge on any atom is 0.261 e. The molecule has 9 heteroatoms. The molecule has 0 aliphatic carbocycles. The zero-order valence-electron chi connectivity index (χ0n) is 14.9. The zero-order chi connectivity index (χ0) is 19.7. The molecule has 146 valence electrons. The van der Waals surface area contributed by atoms with Crippen LogP contribution in [0, 0.1) is 5.82 Å². The van der Waals surface area contributed by atoms with Gasteiger partial charge in [0, 0.05) is 23.1 Å². The lowest BCUT2D eigenvalue weighted by molar-refractivity contribution is 0.601. The van der Waals surface area contributed by atoms with Gasteiger partial charge in [0.15, 0.2) is 5.82 Å². The van der Waals surface area contributed by atoms with Gasteiger partial charge in [0.25, 0.3) is 10.0 Å². The molecule has 2 heterocycles. The van der Waals surface area contributed by atoms with Gasteiger partial charge in [-0.25, -0.2) is 12.8 Å². The lowest BCUT2D eigenvalue weighted by Gasteiger charge is -2.12. The van der Waals surface area contributed by atoms with E-state index in [2.05, 4.69) is 30.8 Å². The lowest BCUT2D eigenvalue weighted by Crippen LogP contribution is -2.13. The van der Waals surface area contributed by atoms with E-state index in [4.69, 9.17) is 0 Å². The maximum absolute atomic E-state index is 14.5. The Morgan fingerprint density at radius 1 is 1.07 bits per heavy atom. The van der Waals surface area contributed by atoms with Crippen LogP contribution in [-0.4, -0.2) is 23.2 Å². The molecule has 1 aliphatic heterocycles. The van der Waals surface area contributed by atoms with Crippen molar-refractivity contribution < 1.29 is 12.8 Å². The van der Waals surface area contributed by atoms with E-state index in [1.807, 2.05) is 4.57 Å². The quantitative estimate of drug-likeness (QED) is 0.621. The van der Waals surface area contributed by atoms with E-state index in [-0.39, 0.29) is 16.1 Å². The van der Waals surface area contributed by atoms with E-state index in [0.29, 0.717) is 10.3 Å². The first-order valence-corrected chi connectivity index (χ1v) is 11.2. The number of hydrogen-bond donors (Lipinski definition) is 1. The summed E-state index contributed by atoms with van der Waals surface area (Å²) < 4.78 is 45.0. The Labute approximate surface area is 171 Å². The van der Waals surface area contributed by atoms with Crippen LogP contribution in [0.1, 0.15) is 25.1 Å². The second-order valence-electron chi connectivity index (χ2n) is 6.66. The molecule has 0 amide bonds. The third-order valence-electron chi connectivity index (χ3n) is 4.68. The molecule has 1 aromatic heterocycles. The van der Waals surface area contributed by atoms with E-state index in [0.717, 1.165) is 38.1 Å². The van der Waals surface area contributed by atoms with Crippen LogP contribution in [0.4, 0.5) is 10.1 Å². The molecular weight excluding hydrogens is 447 g/mol. The normalized spacial score (nSPS) is 14.4. The molecule has 28 heavy (non-hydrogen) atoms. The molecule has 6 nitrogen and oxygen atoms in total. The molecule has 2 aromatic carbocycles. The number of anilines is 1. The Balaban J connectivity index is 1.70. The molecule has 0 atom stereocenters. The monoisotopic (exact) mass is 464 g/mol. The topological polar surface area (TPSA) is 76.9 Å². The van der Waals surface area contributed by atoms with Crippen molar-refractivity contribution in [2.75, 3.05) is 4.72 Å². The lowest BCUT2D eigenvalue weighted by atomic mass is 10.1. The second kappa shape index (κ2) is 7.63. The second-order valence-corrected chi connectivity index (χ2v) is 9.26. The summed E-state index contributed by atoms with van der Waals surface area (Å²) in [6.07, 6.45) is 3.92. The van der Waals surface area contributed by atoms with Crippen LogP contribution in [-0.2, 0) is 23.0 Å². The molecule has 0 bridgehead atoms. The van der Waals surface area contributed by atoms with E-state index < -0.39 is 15.8 Å². The van der Waals surface area contributed by atoms with Gasteiger partial charge in [0.05, 0.1) is 10.5 Å². The molecule has 0 radical (unpaired) electrons. The molecule has 1 aliphatic rings. The van der Waals surface area contributed by atoms with Gasteiger partial charge in [-0.2, -0.15) is 0 Å². The average molecular weight is 465 g/mol. The SMILES string of the molecule is O=S(=O)(Nc1ccc(F)c(-c2nnc3n2CCCCC3)c1)c1cccc(Br)c1. The number of rotatable bonds is 4. The maximum atomic E-state index is 14.5. The van der Waals surface area contributed by atoms with Crippen LogP contribution in [0.25, 0.3) is 11.4 Å². The molecule has 4 rings (SSSR count). The smallest absolute Gasteiger partial charge is 0.261 e. The van der Waals surface area contributed by atoms with Crippen LogP contribution in [0.5, 0.6) is 0 Å². The van der Waals surface area contributed by atoms with Crippen molar-refractivity contribution >= 4 is 31.6 Å². The summed E-state index contributed by atoms with van der Waals surface area (Å²) in [5.74, 6) is 0.801. The van der Waals surface area contributed by atoms with E-state index >= 15 is 0 Å². The van der Waals surface area contributed by atoms with Crippen molar-refractivity contribution in [2.24, 2.45) is 0 Å². The highest BCUT2D eigenvalue weighted by Crippen LogP contribution is 2.28. The summed E-state index contributed by atoms with van der Waals surface area (Å²) in [5, 5.41) is 8.37. The number of benzene rings is 2. The van der Waals surface area contributed by atoms with Crippen LogP contribution in [0.3, 0.4) is 0 Å². The van der Waals surface area contributed by atoms with Gasteiger partial charge in [-0.15, -0.1) is 10.2 Å². The molecule has 0 fully saturated rings. The third kappa shape index (κ3) is 3.81. The molecule has 0 unspecified atom stereocenters. The van der Waals surface area contributed by atoms with E-state index in [1.165, 1.54) is 30.3 Å². The van der Waals surface area contributed by atoms with Crippen LogP contribution < -0.4 is 4.72 Å². The van der Waals surface area contributed by atoms with Gasteiger partial charge < -0.3 is 4.57 Å². The van der Waals surface area contributed by atoms with Crippen molar-refractivity contribution in [3.8, 4) is 11.4 Å². The van der Waals surface area contributed by atoms with Crippen LogP contribution in [0.2, 0.25) is 0 Å². The first-order valence-electron chi connectivity index (χ1n) is 8.94. The van der Waals surface area contributed by atoms with Crippen molar-refractivity contribution in [1.82, 2.24) is 14.8 Å². The largest absolute Gasteiger partial charge is 0.311 e. The van der Waals surface area contributed by atoms with Gasteiger partial charge in [-0.3, -0.25) is 4.72 Å². The van der Waals surface area contributed by atoms with Crippen molar-refractivity contribution in [1.29, 1.82) is 0 Å². The summed E-state index contributed by atoms with van der Waals surface area (Å²) in [4.78, 5) is 0.115. The molecule has 0 saturated heterocycles. The summed E-state index contributed by atoms with van der Waals surface area (Å²) in [7, 11) is -3.80. The Bertz CT molecular complexity index is 1130. The fourth-order valence-corrected chi connectivity index (χ4v) is 4.94. The Morgan fingerprint density at radius 3 is 2.75 bits per heavy atom. The minimum atomic E-state index is -3.80. The number of aryl methyl sites for hydroxylation is 1. The fourth-order valence-electron chi connectivity index (χ4n) is 3.29. The minimum absolute atomic E-state index is 0.115. The average Bonchev–Trinajstić information content (AvgIpc) is 2.91. The number of nitrogens with one attached hydrogen (secondary N) is 1. The summed E-state index contributed by atoms with van der Waals surface area (Å²) >= 11 is 3.27. The summed E-state index contributed by atoms with van der Waals surface area (Å²) in [6.45, 7) is 0.727. The predicted molar refractivity (Wildman–Crippen MR) is 108 cm³/mol. The highest BCUT2D eigenvalue weighted by atomic mass is 79.9. The molecule has 0 saturated carbocycles. The number of aromatic nitrogens is 3. The predicted octanol–water partition coefficient (Wildman–Crippen LogP) is 4.37. The fraction of sp³-hybridized carbons (Fsp3) is 0.263.